The summed E-state index contributed by atoms with van der Waals surface area (Å²) in [5.74, 6) is -1.94. The largest absolute Gasteiger partial charge is 0.504 e. The summed E-state index contributed by atoms with van der Waals surface area (Å²) in [6, 6.07) is 4.42. The molecule has 3 fully saturated rings. The Labute approximate surface area is 126 Å². The van der Waals surface area contributed by atoms with E-state index in [1.54, 1.807) is 6.07 Å². The number of phenols is 2. The number of benzene rings is 1. The van der Waals surface area contributed by atoms with E-state index in [0.717, 1.165) is 5.56 Å². The van der Waals surface area contributed by atoms with Gasteiger partial charge in [-0.2, -0.15) is 0 Å². The summed E-state index contributed by atoms with van der Waals surface area (Å²) in [6.45, 7) is -0.362. The zero-order valence-corrected chi connectivity index (χ0v) is 11.6. The Morgan fingerprint density at radius 2 is 1.91 bits per heavy atom. The first-order valence-electron chi connectivity index (χ1n) is 6.92. The highest BCUT2D eigenvalue weighted by atomic mass is 16.8. The molecule has 0 radical (unpaired) electrons. The zero-order chi connectivity index (χ0) is 15.9. The molecule has 3 heterocycles. The van der Waals surface area contributed by atoms with Gasteiger partial charge in [0.1, 0.15) is 24.9 Å². The van der Waals surface area contributed by atoms with Gasteiger partial charge in [0.2, 0.25) is 5.79 Å². The van der Waals surface area contributed by atoms with Gasteiger partial charge in [0.15, 0.2) is 17.8 Å². The van der Waals surface area contributed by atoms with E-state index in [-0.39, 0.29) is 18.1 Å². The van der Waals surface area contributed by atoms with Crippen molar-refractivity contribution in [2.75, 3.05) is 13.2 Å². The number of aliphatic hydroxyl groups is 3. The SMILES string of the molecule is OCC12OC(C(O)[C@H](OCCc3ccc(O)c(O)c3)O1)[C@@H]2O. The second-order valence-electron chi connectivity index (χ2n) is 5.42. The van der Waals surface area contributed by atoms with Crippen LogP contribution < -0.4 is 0 Å². The fourth-order valence-corrected chi connectivity index (χ4v) is 2.64. The zero-order valence-electron chi connectivity index (χ0n) is 11.6. The molecule has 22 heavy (non-hydrogen) atoms. The van der Waals surface area contributed by atoms with Gasteiger partial charge in [-0.25, -0.2) is 0 Å². The normalized spacial score (nSPS) is 36.9. The highest BCUT2D eigenvalue weighted by molar-refractivity contribution is 5.40. The van der Waals surface area contributed by atoms with E-state index in [9.17, 15) is 25.5 Å². The van der Waals surface area contributed by atoms with Gasteiger partial charge in [-0.15, -0.1) is 0 Å². The lowest BCUT2D eigenvalue weighted by Gasteiger charge is -2.58. The lowest BCUT2D eigenvalue weighted by Crippen LogP contribution is -2.78. The number of ether oxygens (including phenoxy) is 3. The van der Waals surface area contributed by atoms with E-state index in [2.05, 4.69) is 0 Å². The number of fused-ring (bicyclic) bond motifs is 2. The molecule has 4 rings (SSSR count). The number of aromatic hydroxyl groups is 2. The molecule has 3 saturated heterocycles. The van der Waals surface area contributed by atoms with Crippen molar-refractivity contribution in [2.24, 2.45) is 0 Å². The Hall–Kier alpha value is -1.42. The molecule has 0 amide bonds. The van der Waals surface area contributed by atoms with E-state index in [4.69, 9.17) is 14.2 Å². The van der Waals surface area contributed by atoms with Crippen molar-refractivity contribution in [2.45, 2.75) is 36.8 Å². The van der Waals surface area contributed by atoms with E-state index in [1.165, 1.54) is 12.1 Å². The molecule has 122 valence electrons. The quantitative estimate of drug-likeness (QED) is 0.430. The van der Waals surface area contributed by atoms with Crippen LogP contribution in [-0.2, 0) is 20.6 Å². The fourth-order valence-electron chi connectivity index (χ4n) is 2.64. The molecule has 2 bridgehead atoms. The van der Waals surface area contributed by atoms with Crippen LogP contribution in [0.5, 0.6) is 11.5 Å². The molecule has 1 aromatic carbocycles. The van der Waals surface area contributed by atoms with Gasteiger partial charge in [-0.3, -0.25) is 0 Å². The van der Waals surface area contributed by atoms with E-state index < -0.39 is 37.0 Å². The third-order valence-electron chi connectivity index (χ3n) is 3.96. The maximum Gasteiger partial charge on any atom is 0.224 e. The van der Waals surface area contributed by atoms with Crippen LogP contribution in [0.4, 0.5) is 0 Å². The summed E-state index contributed by atoms with van der Waals surface area (Å²) in [5, 5.41) is 47.5. The summed E-state index contributed by atoms with van der Waals surface area (Å²) >= 11 is 0. The lowest BCUT2D eigenvalue weighted by molar-refractivity contribution is -0.500. The topological polar surface area (TPSA) is 129 Å². The predicted octanol–water partition coefficient (Wildman–Crippen LogP) is -1.18. The summed E-state index contributed by atoms with van der Waals surface area (Å²) < 4.78 is 15.9. The van der Waals surface area contributed by atoms with E-state index >= 15 is 0 Å². The molecule has 3 unspecified atom stereocenters. The minimum Gasteiger partial charge on any atom is -0.504 e. The van der Waals surface area contributed by atoms with Gasteiger partial charge in [0.05, 0.1) is 6.61 Å². The Bertz CT molecular complexity index is 550. The highest BCUT2D eigenvalue weighted by Gasteiger charge is 2.66. The number of phenolic OH excluding ortho intramolecular Hbond substituents is 2. The third kappa shape index (κ3) is 2.43. The maximum absolute atomic E-state index is 9.94. The van der Waals surface area contributed by atoms with Crippen LogP contribution in [0.15, 0.2) is 18.2 Å². The summed E-state index contributed by atoms with van der Waals surface area (Å²) in [4.78, 5) is 0. The molecule has 3 aliphatic rings. The molecule has 8 heteroatoms. The minimum absolute atomic E-state index is 0.177. The molecule has 0 spiro atoms. The molecule has 0 aromatic heterocycles. The molecule has 5 atom stereocenters. The minimum atomic E-state index is -1.52. The Morgan fingerprint density at radius 3 is 2.55 bits per heavy atom. The Kier molecular flexibility index (Phi) is 3.98. The Balaban J connectivity index is 1.54. The van der Waals surface area contributed by atoms with Crippen molar-refractivity contribution in [1.82, 2.24) is 0 Å². The molecule has 3 aliphatic heterocycles. The standard InChI is InChI=1S/C14H18O8/c15-6-14-12(19)11(21-14)10(18)13(22-14)20-4-3-7-1-2-8(16)9(17)5-7/h1-2,5,10-13,15-19H,3-4,6H2/t10?,11?,12-,13+,14?/m0/s1. The maximum atomic E-state index is 9.94. The van der Waals surface area contributed by atoms with Gasteiger partial charge < -0.3 is 39.7 Å². The van der Waals surface area contributed by atoms with Crippen molar-refractivity contribution >= 4 is 0 Å². The monoisotopic (exact) mass is 314 g/mol. The van der Waals surface area contributed by atoms with Gasteiger partial charge in [0.25, 0.3) is 0 Å². The summed E-state index contributed by atoms with van der Waals surface area (Å²) in [7, 11) is 0. The van der Waals surface area contributed by atoms with Crippen molar-refractivity contribution < 1.29 is 39.7 Å². The smallest absolute Gasteiger partial charge is 0.224 e. The third-order valence-corrected chi connectivity index (χ3v) is 3.96. The average Bonchev–Trinajstić information content (AvgIpc) is 2.51. The molecule has 5 N–H and O–H groups in total. The highest BCUT2D eigenvalue weighted by Crippen LogP contribution is 2.43. The Morgan fingerprint density at radius 1 is 1.14 bits per heavy atom. The van der Waals surface area contributed by atoms with Crippen molar-refractivity contribution in [3.63, 3.8) is 0 Å². The van der Waals surface area contributed by atoms with Gasteiger partial charge in [-0.1, -0.05) is 6.07 Å². The first-order chi connectivity index (χ1) is 10.5. The predicted molar refractivity (Wildman–Crippen MR) is 71.0 cm³/mol. The van der Waals surface area contributed by atoms with Crippen LogP contribution in [0.25, 0.3) is 0 Å². The molecular weight excluding hydrogens is 296 g/mol. The second kappa shape index (κ2) is 5.65. The van der Waals surface area contributed by atoms with Crippen molar-refractivity contribution in [3.05, 3.63) is 23.8 Å². The second-order valence-corrected chi connectivity index (χ2v) is 5.42. The number of rotatable bonds is 5. The molecule has 8 nitrogen and oxygen atoms in total. The van der Waals surface area contributed by atoms with Crippen LogP contribution in [0.3, 0.4) is 0 Å². The van der Waals surface area contributed by atoms with Crippen LogP contribution in [0.2, 0.25) is 0 Å². The molecular formula is C14H18O8. The van der Waals surface area contributed by atoms with Gasteiger partial charge in [-0.05, 0) is 24.1 Å². The molecule has 0 saturated carbocycles. The van der Waals surface area contributed by atoms with Gasteiger partial charge in [0, 0.05) is 0 Å². The molecule has 1 aromatic rings. The average molecular weight is 314 g/mol. The van der Waals surface area contributed by atoms with Crippen molar-refractivity contribution in [1.29, 1.82) is 0 Å². The lowest BCUT2D eigenvalue weighted by atomic mass is 9.89. The van der Waals surface area contributed by atoms with Crippen LogP contribution >= 0.6 is 0 Å². The van der Waals surface area contributed by atoms with E-state index in [1.807, 2.05) is 0 Å². The molecule has 0 aliphatic carbocycles. The first-order valence-corrected chi connectivity index (χ1v) is 6.92. The number of aliphatic hydroxyl groups excluding tert-OH is 3. The van der Waals surface area contributed by atoms with Crippen LogP contribution in [0, 0.1) is 0 Å². The first kappa shape index (κ1) is 15.5. The van der Waals surface area contributed by atoms with Crippen LogP contribution in [0.1, 0.15) is 5.56 Å². The van der Waals surface area contributed by atoms with Crippen LogP contribution in [-0.4, -0.2) is 69.1 Å². The summed E-state index contributed by atoms with van der Waals surface area (Å²) in [6.07, 6.45) is -3.69. The van der Waals surface area contributed by atoms with Crippen molar-refractivity contribution in [3.8, 4) is 11.5 Å². The van der Waals surface area contributed by atoms with Gasteiger partial charge >= 0.3 is 0 Å². The van der Waals surface area contributed by atoms with E-state index in [0.29, 0.717) is 6.42 Å². The number of hydrogen-bond donors (Lipinski definition) is 5. The summed E-state index contributed by atoms with van der Waals surface area (Å²) in [5.41, 5.74) is 0.735. The fraction of sp³-hybridized carbons (Fsp3) is 0.571. The number of hydrogen-bond acceptors (Lipinski definition) is 8.